The third kappa shape index (κ3) is 1.82. The number of carbonyl (C=O) groups is 1. The van der Waals surface area contributed by atoms with Gasteiger partial charge in [0.1, 0.15) is 4.87 Å². The molecule has 2 rings (SSSR count). The van der Waals surface area contributed by atoms with Crippen LogP contribution in [-0.4, -0.2) is 16.0 Å². The van der Waals surface area contributed by atoms with Crippen molar-refractivity contribution in [2.45, 2.75) is 17.2 Å². The van der Waals surface area contributed by atoms with Crippen LogP contribution < -0.4 is 0 Å². The highest BCUT2D eigenvalue weighted by Crippen LogP contribution is 2.57. The van der Waals surface area contributed by atoms with Gasteiger partial charge in [0.15, 0.2) is 0 Å². The second kappa shape index (κ2) is 3.55. The minimum atomic E-state index is -1.16. The Balaban J connectivity index is 2.27. The highest BCUT2D eigenvalue weighted by atomic mass is 35.5. The molecule has 15 heavy (non-hydrogen) atoms. The van der Waals surface area contributed by atoms with Crippen LogP contribution in [0.4, 0.5) is 0 Å². The first-order valence-corrected chi connectivity index (χ1v) is 5.46. The molecule has 0 aliphatic heterocycles. The molecule has 1 saturated carbocycles. The summed E-state index contributed by atoms with van der Waals surface area (Å²) in [5.74, 6) is -1.16. The maximum atomic E-state index is 10.8. The lowest BCUT2D eigenvalue weighted by atomic mass is 10.1. The van der Waals surface area contributed by atoms with Crippen molar-refractivity contribution in [3.8, 4) is 0 Å². The van der Waals surface area contributed by atoms with Crippen LogP contribution in [0.15, 0.2) is 18.2 Å². The number of carboxylic acids is 1. The molecule has 0 heterocycles. The monoisotopic (exact) mass is 264 g/mol. The van der Waals surface area contributed by atoms with Gasteiger partial charge in [-0.2, -0.15) is 0 Å². The van der Waals surface area contributed by atoms with Crippen LogP contribution in [0, 0.1) is 0 Å². The van der Waals surface area contributed by atoms with E-state index in [9.17, 15) is 4.79 Å². The Morgan fingerprint density at radius 3 is 2.53 bits per heavy atom. The molecule has 5 heteroatoms. The standard InChI is InChI=1S/C10H7Cl3O2/c11-7-2-1-5(3-8(7)12)6-4-10(6,13)9(14)15/h1-3,6H,4H2,(H,14,15). The maximum absolute atomic E-state index is 10.8. The Labute approximate surface area is 102 Å². The van der Waals surface area contributed by atoms with Gasteiger partial charge < -0.3 is 5.11 Å². The van der Waals surface area contributed by atoms with Crippen LogP contribution in [0.1, 0.15) is 17.9 Å². The first kappa shape index (κ1) is 11.1. The van der Waals surface area contributed by atoms with Gasteiger partial charge in [-0.3, -0.25) is 4.79 Å². The van der Waals surface area contributed by atoms with Crippen LogP contribution >= 0.6 is 34.8 Å². The fourth-order valence-corrected chi connectivity index (χ4v) is 2.17. The van der Waals surface area contributed by atoms with Crippen molar-refractivity contribution in [1.29, 1.82) is 0 Å². The zero-order valence-corrected chi connectivity index (χ0v) is 9.77. The summed E-state index contributed by atoms with van der Waals surface area (Å²) in [4.78, 5) is 9.67. The molecular weight excluding hydrogens is 258 g/mol. The van der Waals surface area contributed by atoms with Crippen molar-refractivity contribution in [2.24, 2.45) is 0 Å². The third-order valence-electron chi connectivity index (χ3n) is 2.59. The van der Waals surface area contributed by atoms with Crippen molar-refractivity contribution in [3.63, 3.8) is 0 Å². The van der Waals surface area contributed by atoms with E-state index in [1.165, 1.54) is 0 Å². The lowest BCUT2D eigenvalue weighted by Gasteiger charge is -2.04. The van der Waals surface area contributed by atoms with Gasteiger partial charge in [0.05, 0.1) is 10.0 Å². The SMILES string of the molecule is O=C(O)C1(Cl)CC1c1ccc(Cl)c(Cl)c1. The average Bonchev–Trinajstić information content (AvgIpc) is 2.85. The summed E-state index contributed by atoms with van der Waals surface area (Å²) in [6.45, 7) is 0. The molecule has 2 nitrogen and oxygen atoms in total. The molecule has 2 atom stereocenters. The first-order chi connectivity index (χ1) is 6.95. The van der Waals surface area contributed by atoms with Gasteiger partial charge in [0, 0.05) is 5.92 Å². The zero-order chi connectivity index (χ0) is 11.2. The van der Waals surface area contributed by atoms with Crippen molar-refractivity contribution >= 4 is 40.8 Å². The molecule has 1 aromatic rings. The molecule has 1 fully saturated rings. The van der Waals surface area contributed by atoms with Crippen molar-refractivity contribution in [1.82, 2.24) is 0 Å². The predicted molar refractivity (Wildman–Crippen MR) is 60.0 cm³/mol. The lowest BCUT2D eigenvalue weighted by molar-refractivity contribution is -0.137. The number of halogens is 3. The van der Waals surface area contributed by atoms with Gasteiger partial charge in [-0.25, -0.2) is 0 Å². The molecule has 0 amide bonds. The van der Waals surface area contributed by atoms with Crippen molar-refractivity contribution < 1.29 is 9.90 Å². The minimum Gasteiger partial charge on any atom is -0.480 e. The van der Waals surface area contributed by atoms with E-state index >= 15 is 0 Å². The second-order valence-electron chi connectivity index (χ2n) is 3.60. The number of aliphatic carboxylic acids is 1. The fourth-order valence-electron chi connectivity index (χ4n) is 1.59. The molecule has 1 aromatic carbocycles. The Bertz CT molecular complexity index is 433. The summed E-state index contributed by atoms with van der Waals surface area (Å²) < 4.78 is 0. The number of carboxylic acid groups (broad SMARTS) is 1. The number of benzene rings is 1. The molecule has 80 valence electrons. The molecule has 2 unspecified atom stereocenters. The van der Waals surface area contributed by atoms with Crippen LogP contribution in [0.25, 0.3) is 0 Å². The molecule has 0 aromatic heterocycles. The van der Waals surface area contributed by atoms with E-state index in [0.29, 0.717) is 16.5 Å². The van der Waals surface area contributed by atoms with Gasteiger partial charge in [-0.05, 0) is 24.1 Å². The fraction of sp³-hybridized carbons (Fsp3) is 0.300. The minimum absolute atomic E-state index is 0.175. The largest absolute Gasteiger partial charge is 0.480 e. The third-order valence-corrected chi connectivity index (χ3v) is 3.91. The van der Waals surface area contributed by atoms with E-state index in [1.54, 1.807) is 18.2 Å². The Morgan fingerprint density at radius 2 is 2.07 bits per heavy atom. The Hall–Kier alpha value is -0.440. The number of hydrogen-bond acceptors (Lipinski definition) is 1. The quantitative estimate of drug-likeness (QED) is 0.831. The van der Waals surface area contributed by atoms with E-state index in [4.69, 9.17) is 39.9 Å². The highest BCUT2D eigenvalue weighted by Gasteiger charge is 2.60. The van der Waals surface area contributed by atoms with Crippen LogP contribution in [0.2, 0.25) is 10.0 Å². The molecule has 0 radical (unpaired) electrons. The second-order valence-corrected chi connectivity index (χ2v) is 5.09. The number of alkyl halides is 1. The summed E-state index contributed by atoms with van der Waals surface area (Å²) in [5, 5.41) is 9.75. The smallest absolute Gasteiger partial charge is 0.325 e. The van der Waals surface area contributed by atoms with Gasteiger partial charge in [-0.15, -0.1) is 11.6 Å². The predicted octanol–water partition coefficient (Wildman–Crippen LogP) is 3.54. The summed E-state index contributed by atoms with van der Waals surface area (Å²) >= 11 is 17.5. The Morgan fingerprint density at radius 1 is 1.40 bits per heavy atom. The first-order valence-electron chi connectivity index (χ1n) is 4.32. The molecule has 0 saturated heterocycles. The number of hydrogen-bond donors (Lipinski definition) is 1. The van der Waals surface area contributed by atoms with Crippen LogP contribution in [-0.2, 0) is 4.79 Å². The summed E-state index contributed by atoms with van der Waals surface area (Å²) in [6, 6.07) is 5.07. The van der Waals surface area contributed by atoms with E-state index in [1.807, 2.05) is 0 Å². The van der Waals surface area contributed by atoms with Crippen LogP contribution in [0.5, 0.6) is 0 Å². The maximum Gasteiger partial charge on any atom is 0.325 e. The molecule has 0 spiro atoms. The van der Waals surface area contributed by atoms with Crippen LogP contribution in [0.3, 0.4) is 0 Å². The molecule has 1 aliphatic rings. The lowest BCUT2D eigenvalue weighted by Crippen LogP contribution is -2.16. The van der Waals surface area contributed by atoms with Gasteiger partial charge in [0.25, 0.3) is 0 Å². The summed E-state index contributed by atoms with van der Waals surface area (Å²) in [6.07, 6.45) is 0.432. The van der Waals surface area contributed by atoms with Gasteiger partial charge in [0.2, 0.25) is 0 Å². The van der Waals surface area contributed by atoms with E-state index in [-0.39, 0.29) is 5.92 Å². The highest BCUT2D eigenvalue weighted by molar-refractivity contribution is 6.42. The Kier molecular flexibility index (Phi) is 2.61. The van der Waals surface area contributed by atoms with E-state index in [2.05, 4.69) is 0 Å². The topological polar surface area (TPSA) is 37.3 Å². The summed E-state index contributed by atoms with van der Waals surface area (Å²) in [7, 11) is 0. The number of rotatable bonds is 2. The molecule has 1 N–H and O–H groups in total. The van der Waals surface area contributed by atoms with Gasteiger partial charge in [-0.1, -0.05) is 29.3 Å². The molecule has 1 aliphatic carbocycles. The van der Waals surface area contributed by atoms with E-state index in [0.717, 1.165) is 5.56 Å². The summed E-state index contributed by atoms with van der Waals surface area (Å²) in [5.41, 5.74) is 0.821. The molecule has 0 bridgehead atoms. The van der Waals surface area contributed by atoms with Crippen molar-refractivity contribution in [2.75, 3.05) is 0 Å². The molecular formula is C10H7Cl3O2. The zero-order valence-electron chi connectivity index (χ0n) is 7.51. The van der Waals surface area contributed by atoms with Crippen molar-refractivity contribution in [3.05, 3.63) is 33.8 Å². The average molecular weight is 266 g/mol. The normalized spacial score (nSPS) is 28.9. The van der Waals surface area contributed by atoms with Gasteiger partial charge >= 0.3 is 5.97 Å². The van der Waals surface area contributed by atoms with E-state index < -0.39 is 10.8 Å².